The fourth-order valence-electron chi connectivity index (χ4n) is 13.5. The summed E-state index contributed by atoms with van der Waals surface area (Å²) >= 11 is 0. The zero-order valence-electron chi connectivity index (χ0n) is 67.5. The Kier molecular flexibility index (Phi) is 42.3. The van der Waals surface area contributed by atoms with E-state index in [9.17, 15) is 49.8 Å². The summed E-state index contributed by atoms with van der Waals surface area (Å²) in [5.41, 5.74) is -2.18. The van der Waals surface area contributed by atoms with Crippen LogP contribution in [0.4, 0.5) is 0 Å². The van der Waals surface area contributed by atoms with Crippen LogP contribution in [0, 0.1) is 0 Å². The van der Waals surface area contributed by atoms with Gasteiger partial charge in [-0.2, -0.15) is 0 Å². The van der Waals surface area contributed by atoms with Gasteiger partial charge in [0.2, 0.25) is 29.4 Å². The molecule has 672 valence electrons. The van der Waals surface area contributed by atoms with Gasteiger partial charge in [-0.05, 0) is 25.7 Å². The van der Waals surface area contributed by atoms with Crippen LogP contribution in [0.1, 0.15) is 88.7 Å². The summed E-state index contributed by atoms with van der Waals surface area (Å²) < 4.78 is 126. The maximum absolute atomic E-state index is 14.1. The number of aliphatic hydroxyl groups is 7. The van der Waals surface area contributed by atoms with Crippen molar-refractivity contribution < 1.29 is 154 Å². The van der Waals surface area contributed by atoms with Crippen LogP contribution in [0.25, 0.3) is 0 Å². The molecule has 6 aliphatic heterocycles. The van der Waals surface area contributed by atoms with Crippen molar-refractivity contribution in [3.63, 3.8) is 0 Å². The van der Waals surface area contributed by atoms with E-state index in [2.05, 4.69) is 52.2 Å². The van der Waals surface area contributed by atoms with Crippen LogP contribution in [0.15, 0.2) is 18.6 Å². The molecule has 6 aliphatic rings. The van der Waals surface area contributed by atoms with Gasteiger partial charge in [-0.15, -0.1) is 15.3 Å². The lowest BCUT2D eigenvalue weighted by atomic mass is 9.88. The van der Waals surface area contributed by atoms with Crippen molar-refractivity contribution >= 4 is 23.6 Å². The maximum atomic E-state index is 14.1. The van der Waals surface area contributed by atoms with Gasteiger partial charge >= 0.3 is 0 Å². The Morgan fingerprint density at radius 1 is 0.458 bits per heavy atom. The molecule has 11 N–H and O–H groups in total. The second kappa shape index (κ2) is 52.0. The van der Waals surface area contributed by atoms with E-state index in [1.54, 1.807) is 32.6 Å². The molecule has 15 unspecified atom stereocenters. The Morgan fingerprint density at radius 3 is 1.34 bits per heavy atom. The maximum Gasteiger partial charge on any atom is 0.224 e. The first-order valence-corrected chi connectivity index (χ1v) is 40.4. The molecule has 45 heteroatoms. The average molecular weight is 1690 g/mol. The van der Waals surface area contributed by atoms with Gasteiger partial charge in [-0.1, -0.05) is 28.5 Å². The highest BCUT2D eigenvalue weighted by atomic mass is 16.8. The van der Waals surface area contributed by atoms with Gasteiger partial charge in [-0.25, -0.2) is 14.0 Å². The van der Waals surface area contributed by atoms with E-state index in [4.69, 9.17) is 105 Å². The first-order valence-electron chi connectivity index (χ1n) is 40.4. The molecule has 0 saturated carbocycles. The quantitative estimate of drug-likeness (QED) is 0.0235. The van der Waals surface area contributed by atoms with Crippen LogP contribution >= 0.6 is 0 Å². The molecule has 118 heavy (non-hydrogen) atoms. The molecule has 45 nitrogen and oxygen atoms in total. The van der Waals surface area contributed by atoms with Crippen molar-refractivity contribution in [3.05, 3.63) is 35.7 Å². The summed E-state index contributed by atoms with van der Waals surface area (Å²) in [6, 6.07) is -1.86. The summed E-state index contributed by atoms with van der Waals surface area (Å²) in [6.45, 7) is 9.49. The molecular formula is C73H123N13O32. The number of amides is 4. The van der Waals surface area contributed by atoms with E-state index in [1.165, 1.54) is 13.8 Å². The third kappa shape index (κ3) is 31.8. The summed E-state index contributed by atoms with van der Waals surface area (Å²) in [4.78, 5) is 49.7. The number of carbonyl (C=O) groups is 4. The zero-order valence-corrected chi connectivity index (χ0v) is 67.5. The number of nitrogens with one attached hydrogen (secondary N) is 4. The Labute approximate surface area is 683 Å². The van der Waals surface area contributed by atoms with Gasteiger partial charge in [0.1, 0.15) is 83.0 Å². The number of hydrogen-bond acceptors (Lipinski definition) is 38. The van der Waals surface area contributed by atoms with E-state index in [0.717, 1.165) is 6.42 Å². The molecule has 4 amide bonds. The number of aromatic nitrogens is 9. The minimum atomic E-state index is -1.59. The van der Waals surface area contributed by atoms with E-state index in [-0.39, 0.29) is 177 Å². The highest BCUT2D eigenvalue weighted by Crippen LogP contribution is 2.40. The van der Waals surface area contributed by atoms with Crippen LogP contribution in [0.5, 0.6) is 0 Å². The van der Waals surface area contributed by atoms with Gasteiger partial charge < -0.3 is 156 Å². The zero-order chi connectivity index (χ0) is 83.7. The van der Waals surface area contributed by atoms with E-state index < -0.39 is 102 Å². The number of aliphatic hydroxyl groups excluding tert-OH is 7. The van der Waals surface area contributed by atoms with Crippen molar-refractivity contribution in [2.24, 2.45) is 0 Å². The Bertz CT molecular complexity index is 3320. The van der Waals surface area contributed by atoms with Crippen LogP contribution in [0.3, 0.4) is 0 Å². The number of unbranched alkanes of at least 4 members (excludes halogenated alkanes) is 4. The number of carbonyl (C=O) groups excluding carboxylic acids is 4. The number of fused-ring (bicyclic) bond motifs is 6. The van der Waals surface area contributed by atoms with Crippen molar-refractivity contribution in [2.45, 2.75) is 201 Å². The molecule has 6 saturated heterocycles. The Hall–Kier alpha value is -5.82. The third-order valence-electron chi connectivity index (χ3n) is 19.7. The molecular weight excluding hydrogens is 1570 g/mol. The largest absolute Gasteiger partial charge is 0.396 e. The molecule has 0 aromatic carbocycles. The Morgan fingerprint density at radius 2 is 0.864 bits per heavy atom. The second-order valence-electron chi connectivity index (χ2n) is 29.4. The summed E-state index contributed by atoms with van der Waals surface area (Å²) in [6.07, 6.45) is -0.137. The molecule has 3 aromatic rings. The van der Waals surface area contributed by atoms with Crippen LogP contribution < -0.4 is 21.3 Å². The third-order valence-corrected chi connectivity index (χ3v) is 19.7. The minimum absolute atomic E-state index is 0.00674. The normalized spacial score (nSPS) is 26.3. The first kappa shape index (κ1) is 96.0. The lowest BCUT2D eigenvalue weighted by Crippen LogP contribution is -2.66. The molecule has 0 aliphatic carbocycles. The minimum Gasteiger partial charge on any atom is -0.396 e. The van der Waals surface area contributed by atoms with E-state index in [1.807, 2.05) is 0 Å². The molecule has 15 atom stereocenters. The van der Waals surface area contributed by atoms with Crippen molar-refractivity contribution in [1.82, 2.24) is 66.2 Å². The van der Waals surface area contributed by atoms with Gasteiger partial charge in [0.05, 0.1) is 249 Å². The molecule has 9 rings (SSSR count). The molecule has 3 aromatic heterocycles. The average Bonchev–Trinajstić information content (AvgIpc) is 1.61. The molecule has 0 radical (unpaired) electrons. The van der Waals surface area contributed by atoms with E-state index in [0.29, 0.717) is 148 Å². The Balaban J connectivity index is 0.697. The smallest absolute Gasteiger partial charge is 0.224 e. The van der Waals surface area contributed by atoms with Crippen LogP contribution in [0.2, 0.25) is 0 Å². The van der Waals surface area contributed by atoms with Crippen molar-refractivity contribution in [2.75, 3.05) is 205 Å². The molecule has 9 heterocycles. The van der Waals surface area contributed by atoms with Crippen LogP contribution in [-0.2, 0) is 158 Å². The summed E-state index contributed by atoms with van der Waals surface area (Å²) in [5.74, 6) is -2.75. The molecule has 6 fully saturated rings. The predicted molar refractivity (Wildman–Crippen MR) is 398 cm³/mol. The first-order chi connectivity index (χ1) is 57.3. The number of rotatable bonds is 67. The summed E-state index contributed by atoms with van der Waals surface area (Å²) in [7, 11) is 0. The monoisotopic (exact) mass is 1690 g/mol. The van der Waals surface area contributed by atoms with Gasteiger partial charge in [0.15, 0.2) is 18.9 Å². The standard InChI is InChI=1S/C73H123N13O32/c1-52(88)75-61-63(93)66(96)72(50-113-68(61)117-72)48-108-34-32-105-28-26-102-23-20-99-17-13-85-39-55(79-82-85)42-110-45-70(77-59(92)10-5-3-7-11-74-58(91)9-6-4-8-15-87,44-109-41-54-38-84(81-78-54)12-16-98-19-22-101-25-27-104-31-33-107-47-71-49-112-60(116-71)37-57(90)65(71)95)46-111-43-56-40-86(83-80-56)14-18-100-21-24-103-29-30-106-35-36-115-73-51-114-69(118-73)62(76-53(2)89)64(94)67(73)97/h38-40,57,60-69,87,90,93-97H,3-37,41-51H2,1-2H3,(H,74,91)(H,75,88)(H,76,89)(H,77,92). The molecule has 6 bridgehead atoms. The predicted octanol–water partition coefficient (Wildman–Crippen LogP) is -5.41. The fourth-order valence-corrected chi connectivity index (χ4v) is 13.5. The highest BCUT2D eigenvalue weighted by Gasteiger charge is 2.62. The van der Waals surface area contributed by atoms with Crippen molar-refractivity contribution in [1.29, 1.82) is 0 Å². The van der Waals surface area contributed by atoms with Gasteiger partial charge in [-0.3, -0.25) is 19.2 Å². The number of nitrogens with zero attached hydrogens (tertiary/aromatic N) is 9. The number of ether oxygens (including phenoxy) is 21. The molecule has 0 spiro atoms. The second-order valence-corrected chi connectivity index (χ2v) is 29.4. The van der Waals surface area contributed by atoms with Crippen molar-refractivity contribution in [3.8, 4) is 0 Å². The SMILES string of the molecule is CC(=O)NC1C2OCC(COCCOCCOCCOCCn3cc(COCC(COCc4cn(CCOCCOCCOCCOCC56COC(CC(O)C5O)O6)nn4)(COCc4cn(CCOCCOCCOCCOC56COC(O5)C(NC(C)=O)C(O)C6O)nn4)NC(=O)CCCCCNC(=O)CCCCCO)nn3)(O2)C(O)C1O. The lowest BCUT2D eigenvalue weighted by Gasteiger charge is -2.42. The summed E-state index contributed by atoms with van der Waals surface area (Å²) in [5, 5.41) is 109. The fraction of sp³-hybridized carbons (Fsp3) is 0.863. The van der Waals surface area contributed by atoms with E-state index >= 15 is 0 Å². The van der Waals surface area contributed by atoms with Crippen LogP contribution in [-0.4, -0.2) is 399 Å². The topological polar surface area (TPSA) is 544 Å². The lowest BCUT2D eigenvalue weighted by molar-refractivity contribution is -0.320. The van der Waals surface area contributed by atoms with Gasteiger partial charge in [0.25, 0.3) is 0 Å². The number of hydrogen-bond donors (Lipinski definition) is 11. The van der Waals surface area contributed by atoms with Gasteiger partial charge in [0, 0.05) is 46.3 Å². The highest BCUT2D eigenvalue weighted by molar-refractivity contribution is 5.77.